The maximum Gasteiger partial charge on any atom is 0.234 e. The van der Waals surface area contributed by atoms with Gasteiger partial charge in [0.15, 0.2) is 0 Å². The van der Waals surface area contributed by atoms with E-state index in [1.165, 1.54) is 6.42 Å². The first-order valence-corrected chi connectivity index (χ1v) is 7.25. The summed E-state index contributed by atoms with van der Waals surface area (Å²) in [4.78, 5) is 13.7. The van der Waals surface area contributed by atoms with Crippen molar-refractivity contribution in [2.75, 3.05) is 40.4 Å². The number of carbonyl (C=O) groups is 1. The molecule has 0 heterocycles. The molecule has 0 aliphatic heterocycles. The molecule has 1 rings (SSSR count). The van der Waals surface area contributed by atoms with Crippen LogP contribution in [0.5, 0.6) is 0 Å². The van der Waals surface area contributed by atoms with E-state index in [0.29, 0.717) is 25.6 Å². The van der Waals surface area contributed by atoms with Gasteiger partial charge in [-0.15, -0.1) is 0 Å². The van der Waals surface area contributed by atoms with Crippen LogP contribution in [0.3, 0.4) is 0 Å². The van der Waals surface area contributed by atoms with Gasteiger partial charge in [-0.2, -0.15) is 0 Å². The van der Waals surface area contributed by atoms with Crippen LogP contribution in [0.15, 0.2) is 0 Å². The Morgan fingerprint density at radius 1 is 1.42 bits per heavy atom. The molecule has 2 atom stereocenters. The van der Waals surface area contributed by atoms with Crippen LogP contribution in [0.2, 0.25) is 0 Å². The number of amides is 1. The quantitative estimate of drug-likeness (QED) is 0.636. The lowest BCUT2D eigenvalue weighted by atomic mass is 9.86. The van der Waals surface area contributed by atoms with Gasteiger partial charge < -0.3 is 15.2 Å². The van der Waals surface area contributed by atoms with Crippen LogP contribution >= 0.6 is 0 Å². The summed E-state index contributed by atoms with van der Waals surface area (Å²) in [6.45, 7) is 2.53. The van der Waals surface area contributed by atoms with Gasteiger partial charge in [0.1, 0.15) is 0 Å². The number of carbonyl (C=O) groups excluding carboxylic acids is 1. The Morgan fingerprint density at radius 3 is 2.84 bits per heavy atom. The summed E-state index contributed by atoms with van der Waals surface area (Å²) in [6, 6.07) is 0. The highest BCUT2D eigenvalue weighted by Crippen LogP contribution is 2.24. The summed E-state index contributed by atoms with van der Waals surface area (Å²) in [7, 11) is 3.60. The number of ether oxygens (including phenoxy) is 1. The van der Waals surface area contributed by atoms with Crippen molar-refractivity contribution in [3.05, 3.63) is 0 Å². The number of methoxy groups -OCH3 is 1. The van der Waals surface area contributed by atoms with Gasteiger partial charge in [-0.25, -0.2) is 0 Å². The maximum atomic E-state index is 11.7. The molecule has 1 aliphatic rings. The second-order valence-corrected chi connectivity index (χ2v) is 5.50. The number of nitrogens with zero attached hydrogens (tertiary/aromatic N) is 1. The molecule has 0 saturated heterocycles. The van der Waals surface area contributed by atoms with E-state index in [9.17, 15) is 9.90 Å². The molecule has 1 aliphatic carbocycles. The first kappa shape index (κ1) is 16.4. The molecule has 1 fully saturated rings. The van der Waals surface area contributed by atoms with Crippen molar-refractivity contribution >= 4 is 5.91 Å². The van der Waals surface area contributed by atoms with Crippen molar-refractivity contribution < 1.29 is 14.6 Å². The van der Waals surface area contributed by atoms with Crippen molar-refractivity contribution in [1.82, 2.24) is 10.2 Å². The van der Waals surface area contributed by atoms with Gasteiger partial charge >= 0.3 is 0 Å². The third-order valence-corrected chi connectivity index (χ3v) is 3.68. The summed E-state index contributed by atoms with van der Waals surface area (Å²) in [5.74, 6) is 0.365. The molecular formula is C14H28N2O3. The zero-order chi connectivity index (χ0) is 14.1. The fraction of sp³-hybridized carbons (Fsp3) is 0.929. The predicted molar refractivity (Wildman–Crippen MR) is 75.0 cm³/mol. The minimum atomic E-state index is -0.194. The van der Waals surface area contributed by atoms with Crippen molar-refractivity contribution in [3.63, 3.8) is 0 Å². The molecule has 1 amide bonds. The van der Waals surface area contributed by atoms with Gasteiger partial charge in [0, 0.05) is 26.8 Å². The normalized spacial score (nSPS) is 23.6. The van der Waals surface area contributed by atoms with Gasteiger partial charge in [0.05, 0.1) is 12.6 Å². The molecule has 5 nitrogen and oxygen atoms in total. The standard InChI is InChI=1S/C14H28N2O3/c1-16(10-12-6-3-4-7-13(12)17)11-14(18)15-8-5-9-19-2/h12-13,17H,3-11H2,1-2H3,(H,15,18). The van der Waals surface area contributed by atoms with Crippen molar-refractivity contribution in [3.8, 4) is 0 Å². The zero-order valence-corrected chi connectivity index (χ0v) is 12.2. The largest absolute Gasteiger partial charge is 0.393 e. The number of aliphatic hydroxyl groups excluding tert-OH is 1. The molecule has 2 N–H and O–H groups in total. The fourth-order valence-electron chi connectivity index (χ4n) is 2.61. The highest BCUT2D eigenvalue weighted by molar-refractivity contribution is 5.77. The topological polar surface area (TPSA) is 61.8 Å². The van der Waals surface area contributed by atoms with Crippen LogP contribution < -0.4 is 5.32 Å². The monoisotopic (exact) mass is 272 g/mol. The van der Waals surface area contributed by atoms with Gasteiger partial charge in [-0.05, 0) is 32.2 Å². The number of hydrogen-bond acceptors (Lipinski definition) is 4. The minimum absolute atomic E-state index is 0.0453. The van der Waals surface area contributed by atoms with Crippen LogP contribution in [0.25, 0.3) is 0 Å². The molecule has 0 aromatic heterocycles. The highest BCUT2D eigenvalue weighted by atomic mass is 16.5. The minimum Gasteiger partial charge on any atom is -0.393 e. The molecule has 5 heteroatoms. The summed E-state index contributed by atoms with van der Waals surface area (Å²) in [6.07, 6.45) is 4.94. The van der Waals surface area contributed by atoms with Crippen LogP contribution in [0.1, 0.15) is 32.1 Å². The van der Waals surface area contributed by atoms with Gasteiger partial charge in [0.25, 0.3) is 0 Å². The molecule has 0 bridgehead atoms. The van der Waals surface area contributed by atoms with Crippen LogP contribution in [0, 0.1) is 5.92 Å². The van der Waals surface area contributed by atoms with Crippen molar-refractivity contribution in [2.24, 2.45) is 5.92 Å². The zero-order valence-electron chi connectivity index (χ0n) is 12.2. The van der Waals surface area contributed by atoms with Gasteiger partial charge in [-0.3, -0.25) is 9.69 Å². The van der Waals surface area contributed by atoms with Crippen LogP contribution in [-0.4, -0.2) is 62.4 Å². The lowest BCUT2D eigenvalue weighted by Crippen LogP contribution is -2.40. The Balaban J connectivity index is 2.15. The Hall–Kier alpha value is -0.650. The third kappa shape index (κ3) is 6.89. The number of rotatable bonds is 8. The number of nitrogens with one attached hydrogen (secondary N) is 1. The van der Waals surface area contributed by atoms with E-state index in [0.717, 1.165) is 32.2 Å². The van der Waals surface area contributed by atoms with Crippen molar-refractivity contribution in [1.29, 1.82) is 0 Å². The second-order valence-electron chi connectivity index (χ2n) is 5.50. The molecular weight excluding hydrogens is 244 g/mol. The third-order valence-electron chi connectivity index (χ3n) is 3.68. The Labute approximate surface area is 116 Å². The lowest BCUT2D eigenvalue weighted by molar-refractivity contribution is -0.122. The molecule has 0 aromatic rings. The highest BCUT2D eigenvalue weighted by Gasteiger charge is 2.24. The van der Waals surface area contributed by atoms with Crippen LogP contribution in [-0.2, 0) is 9.53 Å². The van der Waals surface area contributed by atoms with Gasteiger partial charge in [-0.1, -0.05) is 12.8 Å². The summed E-state index contributed by atoms with van der Waals surface area (Å²) >= 11 is 0. The lowest BCUT2D eigenvalue weighted by Gasteiger charge is -2.30. The fourth-order valence-corrected chi connectivity index (χ4v) is 2.61. The molecule has 0 spiro atoms. The first-order chi connectivity index (χ1) is 9.13. The second kappa shape index (κ2) is 9.28. The number of aliphatic hydroxyl groups is 1. The predicted octanol–water partition coefficient (Wildman–Crippen LogP) is 0.622. The SMILES string of the molecule is COCCCNC(=O)CN(C)CC1CCCCC1O. The van der Waals surface area contributed by atoms with Gasteiger partial charge in [0.2, 0.25) is 5.91 Å². The van der Waals surface area contributed by atoms with E-state index in [-0.39, 0.29) is 12.0 Å². The summed E-state index contributed by atoms with van der Waals surface area (Å²) < 4.78 is 4.93. The van der Waals surface area contributed by atoms with E-state index in [2.05, 4.69) is 5.32 Å². The molecule has 0 aromatic carbocycles. The Bertz CT molecular complexity index is 261. The summed E-state index contributed by atoms with van der Waals surface area (Å²) in [5.41, 5.74) is 0. The number of hydrogen-bond donors (Lipinski definition) is 2. The molecule has 19 heavy (non-hydrogen) atoms. The van der Waals surface area contributed by atoms with E-state index < -0.39 is 0 Å². The summed E-state index contributed by atoms with van der Waals surface area (Å²) in [5, 5.41) is 12.8. The van der Waals surface area contributed by atoms with E-state index in [1.54, 1.807) is 7.11 Å². The molecule has 1 saturated carbocycles. The first-order valence-electron chi connectivity index (χ1n) is 7.25. The molecule has 0 radical (unpaired) electrons. The number of likely N-dealkylation sites (N-methyl/N-ethyl adjacent to an activating group) is 1. The van der Waals surface area contributed by atoms with Crippen LogP contribution in [0.4, 0.5) is 0 Å². The van der Waals surface area contributed by atoms with Crippen molar-refractivity contribution in [2.45, 2.75) is 38.2 Å². The van der Waals surface area contributed by atoms with E-state index in [1.807, 2.05) is 11.9 Å². The maximum absolute atomic E-state index is 11.7. The smallest absolute Gasteiger partial charge is 0.234 e. The van der Waals surface area contributed by atoms with E-state index in [4.69, 9.17) is 4.74 Å². The average molecular weight is 272 g/mol. The van der Waals surface area contributed by atoms with E-state index >= 15 is 0 Å². The Kier molecular flexibility index (Phi) is 8.02. The molecule has 2 unspecified atom stereocenters. The average Bonchev–Trinajstić information content (AvgIpc) is 2.37. The Morgan fingerprint density at radius 2 is 2.16 bits per heavy atom. The molecule has 112 valence electrons.